The molecule has 19 heavy (non-hydrogen) atoms. The highest BCUT2D eigenvalue weighted by Crippen LogP contribution is 2.41. The van der Waals surface area contributed by atoms with E-state index in [2.05, 4.69) is 9.97 Å². The second-order valence-electron chi connectivity index (χ2n) is 5.34. The molecule has 0 spiro atoms. The molecule has 1 aromatic carbocycles. The van der Waals surface area contributed by atoms with E-state index in [1.54, 1.807) is 7.11 Å². The molecule has 0 radical (unpaired) electrons. The number of imidazole rings is 1. The monoisotopic (exact) mass is 262 g/mol. The molecule has 1 aliphatic carbocycles. The van der Waals surface area contributed by atoms with Gasteiger partial charge in [0.1, 0.15) is 0 Å². The molecule has 1 heterocycles. The quantitative estimate of drug-likeness (QED) is 0.786. The molecular formula is C14H18N2O3. The van der Waals surface area contributed by atoms with Gasteiger partial charge in [0, 0.05) is 13.5 Å². The van der Waals surface area contributed by atoms with Gasteiger partial charge in [-0.15, -0.1) is 0 Å². The number of fused-ring (bicyclic) bond motifs is 1. The predicted molar refractivity (Wildman–Crippen MR) is 72.1 cm³/mol. The second-order valence-corrected chi connectivity index (χ2v) is 5.34. The van der Waals surface area contributed by atoms with E-state index in [0.717, 1.165) is 35.9 Å². The number of H-pyrrole nitrogens is 2. The summed E-state index contributed by atoms with van der Waals surface area (Å²) in [6.45, 7) is 0. The first-order chi connectivity index (χ1) is 9.12. The first kappa shape index (κ1) is 12.4. The maximum Gasteiger partial charge on any atom is 0.323 e. The number of hydrogen-bond acceptors (Lipinski definition) is 3. The molecule has 1 aliphatic rings. The fraction of sp³-hybridized carbons (Fsp3) is 0.500. The van der Waals surface area contributed by atoms with Gasteiger partial charge < -0.3 is 19.8 Å². The van der Waals surface area contributed by atoms with Crippen molar-refractivity contribution in [3.8, 4) is 0 Å². The zero-order valence-electron chi connectivity index (χ0n) is 10.9. The summed E-state index contributed by atoms with van der Waals surface area (Å²) >= 11 is 0. The van der Waals surface area contributed by atoms with Crippen LogP contribution in [0, 0.1) is 0 Å². The lowest BCUT2D eigenvalue weighted by atomic mass is 9.75. The van der Waals surface area contributed by atoms with Crippen molar-refractivity contribution in [2.45, 2.75) is 37.4 Å². The fourth-order valence-corrected chi connectivity index (χ4v) is 2.79. The first-order valence-electron chi connectivity index (χ1n) is 6.57. The number of aromatic amines is 2. The fourth-order valence-electron chi connectivity index (χ4n) is 2.79. The molecule has 0 amide bonds. The summed E-state index contributed by atoms with van der Waals surface area (Å²) < 4.78 is 5.53. The average Bonchev–Trinajstić information content (AvgIpc) is 2.72. The van der Waals surface area contributed by atoms with Gasteiger partial charge in [-0.1, -0.05) is 6.07 Å². The Labute approximate surface area is 110 Å². The van der Waals surface area contributed by atoms with Crippen molar-refractivity contribution in [2.24, 2.45) is 0 Å². The van der Waals surface area contributed by atoms with E-state index in [-0.39, 0.29) is 11.3 Å². The van der Waals surface area contributed by atoms with Crippen molar-refractivity contribution < 1.29 is 9.84 Å². The van der Waals surface area contributed by atoms with Gasteiger partial charge in [0.2, 0.25) is 0 Å². The van der Waals surface area contributed by atoms with E-state index in [9.17, 15) is 9.90 Å². The topological polar surface area (TPSA) is 78.1 Å². The number of aliphatic hydroxyl groups excluding tert-OH is 1. The van der Waals surface area contributed by atoms with Crippen LogP contribution >= 0.6 is 0 Å². The summed E-state index contributed by atoms with van der Waals surface area (Å²) in [6, 6.07) is 5.48. The maximum atomic E-state index is 11.2. The van der Waals surface area contributed by atoms with E-state index >= 15 is 0 Å². The molecule has 1 unspecified atom stereocenters. The van der Waals surface area contributed by atoms with Gasteiger partial charge in [-0.05, 0) is 37.0 Å². The summed E-state index contributed by atoms with van der Waals surface area (Å²) in [6.07, 6.45) is 3.20. The average molecular weight is 262 g/mol. The third-order valence-electron chi connectivity index (χ3n) is 4.19. The molecule has 1 fully saturated rings. The highest BCUT2D eigenvalue weighted by molar-refractivity contribution is 5.75. The summed E-state index contributed by atoms with van der Waals surface area (Å²) in [7, 11) is 1.71. The Morgan fingerprint density at radius 2 is 2.11 bits per heavy atom. The van der Waals surface area contributed by atoms with Crippen molar-refractivity contribution in [3.63, 3.8) is 0 Å². The number of rotatable bonds is 4. The Balaban J connectivity index is 1.84. The molecule has 3 N–H and O–H groups in total. The van der Waals surface area contributed by atoms with Crippen LogP contribution in [0.1, 0.15) is 37.4 Å². The summed E-state index contributed by atoms with van der Waals surface area (Å²) in [5.74, 6) is 0. The highest BCUT2D eigenvalue weighted by atomic mass is 16.5. The van der Waals surface area contributed by atoms with Crippen molar-refractivity contribution in [1.82, 2.24) is 9.97 Å². The Kier molecular flexibility index (Phi) is 2.95. The zero-order valence-corrected chi connectivity index (χ0v) is 10.9. The van der Waals surface area contributed by atoms with Crippen molar-refractivity contribution in [3.05, 3.63) is 34.2 Å². The van der Waals surface area contributed by atoms with Crippen LogP contribution in [0.4, 0.5) is 0 Å². The van der Waals surface area contributed by atoms with Gasteiger partial charge in [0.15, 0.2) is 0 Å². The lowest BCUT2D eigenvalue weighted by Gasteiger charge is -2.41. The zero-order chi connectivity index (χ0) is 13.5. The molecule has 5 nitrogen and oxygen atoms in total. The molecule has 3 rings (SSSR count). The van der Waals surface area contributed by atoms with Gasteiger partial charge in [-0.3, -0.25) is 0 Å². The van der Waals surface area contributed by atoms with Gasteiger partial charge >= 0.3 is 5.69 Å². The molecular weight excluding hydrogens is 244 g/mol. The number of aliphatic hydroxyl groups is 1. The second kappa shape index (κ2) is 4.51. The highest BCUT2D eigenvalue weighted by Gasteiger charge is 2.39. The van der Waals surface area contributed by atoms with Crippen molar-refractivity contribution >= 4 is 11.0 Å². The molecule has 1 saturated carbocycles. The van der Waals surface area contributed by atoms with Crippen molar-refractivity contribution in [1.29, 1.82) is 0 Å². The molecule has 5 heteroatoms. The minimum Gasteiger partial charge on any atom is -0.388 e. The summed E-state index contributed by atoms with van der Waals surface area (Å²) in [5.41, 5.74) is 1.90. The lowest BCUT2D eigenvalue weighted by molar-refractivity contribution is -0.0999. The molecule has 0 aliphatic heterocycles. The number of aromatic nitrogens is 2. The standard InChI is InChI=1S/C14H18N2O3/c1-19-14(5-2-6-14)8-12(17)9-3-4-10-11(7-9)16-13(18)15-10/h3-4,7,12,17H,2,5-6,8H2,1H3,(H2,15,16,18). The third-order valence-corrected chi connectivity index (χ3v) is 4.19. The first-order valence-corrected chi connectivity index (χ1v) is 6.57. The summed E-state index contributed by atoms with van der Waals surface area (Å²) in [4.78, 5) is 16.6. The van der Waals surface area contributed by atoms with Crippen LogP contribution in [0.5, 0.6) is 0 Å². The Hall–Kier alpha value is -1.59. The number of methoxy groups -OCH3 is 1. The van der Waals surface area contributed by atoms with E-state index in [4.69, 9.17) is 4.74 Å². The van der Waals surface area contributed by atoms with E-state index in [1.165, 1.54) is 0 Å². The van der Waals surface area contributed by atoms with Crippen LogP contribution in [0.25, 0.3) is 11.0 Å². The van der Waals surface area contributed by atoms with Crippen LogP contribution < -0.4 is 5.69 Å². The predicted octanol–water partition coefficient (Wildman–Crippen LogP) is 1.85. The van der Waals surface area contributed by atoms with Gasteiger partial charge in [-0.2, -0.15) is 0 Å². The normalized spacial score (nSPS) is 19.3. The van der Waals surface area contributed by atoms with Crippen LogP contribution in [0.2, 0.25) is 0 Å². The Morgan fingerprint density at radius 1 is 1.37 bits per heavy atom. The van der Waals surface area contributed by atoms with Crippen LogP contribution in [-0.4, -0.2) is 27.8 Å². The minimum atomic E-state index is -0.567. The molecule has 2 aromatic rings. The van der Waals surface area contributed by atoms with E-state index < -0.39 is 6.10 Å². The molecule has 0 saturated heterocycles. The Morgan fingerprint density at radius 3 is 2.74 bits per heavy atom. The van der Waals surface area contributed by atoms with Gasteiger partial charge in [0.25, 0.3) is 0 Å². The molecule has 102 valence electrons. The van der Waals surface area contributed by atoms with Crippen LogP contribution in [0.15, 0.2) is 23.0 Å². The van der Waals surface area contributed by atoms with Crippen LogP contribution in [-0.2, 0) is 4.74 Å². The lowest BCUT2D eigenvalue weighted by Crippen LogP contribution is -2.40. The van der Waals surface area contributed by atoms with E-state index in [0.29, 0.717) is 6.42 Å². The van der Waals surface area contributed by atoms with Crippen molar-refractivity contribution in [2.75, 3.05) is 7.11 Å². The van der Waals surface area contributed by atoms with Gasteiger partial charge in [-0.25, -0.2) is 4.79 Å². The smallest absolute Gasteiger partial charge is 0.323 e. The molecule has 1 atom stereocenters. The minimum absolute atomic E-state index is 0.167. The number of hydrogen-bond donors (Lipinski definition) is 3. The van der Waals surface area contributed by atoms with Gasteiger partial charge in [0.05, 0.1) is 22.7 Å². The number of benzene rings is 1. The largest absolute Gasteiger partial charge is 0.388 e. The molecule has 1 aromatic heterocycles. The van der Waals surface area contributed by atoms with Crippen LogP contribution in [0.3, 0.4) is 0 Å². The SMILES string of the molecule is COC1(CC(O)c2ccc3[nH]c(=O)[nH]c3c2)CCC1. The summed E-state index contributed by atoms with van der Waals surface area (Å²) in [5, 5.41) is 10.3. The molecule has 0 bridgehead atoms. The Bertz CT molecular complexity index is 634. The third kappa shape index (κ3) is 2.19. The number of ether oxygens (including phenoxy) is 1. The number of nitrogens with one attached hydrogen (secondary N) is 2. The van der Waals surface area contributed by atoms with E-state index in [1.807, 2.05) is 18.2 Å². The maximum absolute atomic E-state index is 11.2.